The number of aryl methyl sites for hydroxylation is 5. The molecule has 6 aromatic carbocycles. The van der Waals surface area contributed by atoms with Crippen LogP contribution in [0.2, 0.25) is 0 Å². The van der Waals surface area contributed by atoms with Crippen molar-refractivity contribution in [3.63, 3.8) is 0 Å². The fourth-order valence-electron chi connectivity index (χ4n) is 8.38. The molecule has 0 aliphatic rings. The maximum Gasteiger partial charge on any atom is 0.203 e. The first-order valence-corrected chi connectivity index (χ1v) is 21.3. The standard InChI is InChI=1S/C54H62O8/c1-55-46-27-22-39(23-28-46)21-24-45(31-40-15-9-37(10-16-40)13-19-42-33-49(57-3)53(61-7)50(34-42)58-4)48(44-25-29-47(56-2)30-26-44)32-41-17-11-38(12-18-41)14-20-43-35-51(59-5)54(62-8)52(36-43)60-6/h9-12,15-18,22-23,25-30,33-36,45,48H,13-14,19-21,24,31-32H2,1-8H3/t45-,48+/m1/s1. The molecule has 0 heterocycles. The van der Waals surface area contributed by atoms with Crippen molar-refractivity contribution < 1.29 is 37.9 Å². The molecule has 8 heteroatoms. The van der Waals surface area contributed by atoms with Gasteiger partial charge in [-0.25, -0.2) is 0 Å². The number of hydrogen-bond acceptors (Lipinski definition) is 8. The van der Waals surface area contributed by atoms with Gasteiger partial charge in [0.2, 0.25) is 11.5 Å². The highest BCUT2D eigenvalue weighted by molar-refractivity contribution is 5.55. The van der Waals surface area contributed by atoms with Crippen molar-refractivity contribution in [2.45, 2.75) is 57.3 Å². The van der Waals surface area contributed by atoms with E-state index in [-0.39, 0.29) is 5.92 Å². The number of methoxy groups -OCH3 is 8. The third kappa shape index (κ3) is 11.8. The summed E-state index contributed by atoms with van der Waals surface area (Å²) >= 11 is 0. The second kappa shape index (κ2) is 22.5. The molecule has 0 spiro atoms. The van der Waals surface area contributed by atoms with Crippen LogP contribution < -0.4 is 37.9 Å². The zero-order chi connectivity index (χ0) is 43.8. The SMILES string of the molecule is COc1ccc(CC[C@H](Cc2ccc(CCc3cc(OC)c(OC)c(OC)c3)cc2)[C@@H](Cc2ccc(CCc3cc(OC)c(OC)c(OC)c3)cc2)c2ccc(OC)cc2)cc1. The molecule has 62 heavy (non-hydrogen) atoms. The predicted octanol–water partition coefficient (Wildman–Crippen LogP) is 11.1. The van der Waals surface area contributed by atoms with E-state index in [2.05, 4.69) is 97.1 Å². The van der Waals surface area contributed by atoms with Gasteiger partial charge < -0.3 is 37.9 Å². The first-order chi connectivity index (χ1) is 30.3. The van der Waals surface area contributed by atoms with Crippen LogP contribution >= 0.6 is 0 Å². The molecular formula is C54H62O8. The van der Waals surface area contributed by atoms with E-state index < -0.39 is 0 Å². The van der Waals surface area contributed by atoms with Gasteiger partial charge in [0, 0.05) is 0 Å². The summed E-state index contributed by atoms with van der Waals surface area (Å²) in [4.78, 5) is 0. The lowest BCUT2D eigenvalue weighted by atomic mass is 9.75. The van der Waals surface area contributed by atoms with E-state index >= 15 is 0 Å². The van der Waals surface area contributed by atoms with Crippen LogP contribution in [0.1, 0.15) is 56.8 Å². The zero-order valence-corrected chi connectivity index (χ0v) is 37.6. The van der Waals surface area contributed by atoms with Crippen molar-refractivity contribution in [1.29, 1.82) is 0 Å². The molecule has 0 aliphatic carbocycles. The zero-order valence-electron chi connectivity index (χ0n) is 37.6. The minimum Gasteiger partial charge on any atom is -0.497 e. The largest absolute Gasteiger partial charge is 0.497 e. The summed E-state index contributed by atoms with van der Waals surface area (Å²) in [6.07, 6.45) is 7.35. The molecule has 8 nitrogen and oxygen atoms in total. The van der Waals surface area contributed by atoms with Crippen LogP contribution in [-0.2, 0) is 44.9 Å². The lowest BCUT2D eigenvalue weighted by Gasteiger charge is -2.29. The van der Waals surface area contributed by atoms with Crippen LogP contribution in [0, 0.1) is 5.92 Å². The van der Waals surface area contributed by atoms with Crippen LogP contribution in [0.5, 0.6) is 46.0 Å². The molecule has 0 saturated heterocycles. The van der Waals surface area contributed by atoms with E-state index in [1.807, 2.05) is 24.3 Å². The van der Waals surface area contributed by atoms with Gasteiger partial charge in [-0.2, -0.15) is 0 Å². The molecule has 0 radical (unpaired) electrons. The molecular weight excluding hydrogens is 777 g/mol. The van der Waals surface area contributed by atoms with Crippen LogP contribution in [-0.4, -0.2) is 56.9 Å². The van der Waals surface area contributed by atoms with Gasteiger partial charge >= 0.3 is 0 Å². The number of benzene rings is 6. The van der Waals surface area contributed by atoms with Gasteiger partial charge in [-0.3, -0.25) is 0 Å². The van der Waals surface area contributed by atoms with Gasteiger partial charge in [0.05, 0.1) is 56.9 Å². The monoisotopic (exact) mass is 838 g/mol. The quantitative estimate of drug-likeness (QED) is 0.0632. The molecule has 0 amide bonds. The molecule has 0 aliphatic heterocycles. The van der Waals surface area contributed by atoms with E-state index in [0.29, 0.717) is 40.4 Å². The van der Waals surface area contributed by atoms with E-state index in [0.717, 1.165) is 74.0 Å². The average Bonchev–Trinajstić information content (AvgIpc) is 3.33. The summed E-state index contributed by atoms with van der Waals surface area (Å²) in [7, 11) is 13.3. The Morgan fingerprint density at radius 2 is 0.661 bits per heavy atom. The van der Waals surface area contributed by atoms with Crippen molar-refractivity contribution in [1.82, 2.24) is 0 Å². The molecule has 6 aromatic rings. The van der Waals surface area contributed by atoms with Gasteiger partial charge in [-0.05, 0) is 156 Å². The molecule has 0 saturated carbocycles. The second-order valence-corrected chi connectivity index (χ2v) is 15.6. The first kappa shape index (κ1) is 45.3. The van der Waals surface area contributed by atoms with Crippen molar-refractivity contribution in [3.8, 4) is 46.0 Å². The fraction of sp³-hybridized carbons (Fsp3) is 0.333. The average molecular weight is 839 g/mol. The molecule has 2 atom stereocenters. The maximum atomic E-state index is 5.60. The van der Waals surface area contributed by atoms with E-state index in [4.69, 9.17) is 37.9 Å². The van der Waals surface area contributed by atoms with Crippen molar-refractivity contribution >= 4 is 0 Å². The first-order valence-electron chi connectivity index (χ1n) is 21.3. The molecule has 0 aromatic heterocycles. The van der Waals surface area contributed by atoms with Crippen molar-refractivity contribution in [2.75, 3.05) is 56.9 Å². The summed E-state index contributed by atoms with van der Waals surface area (Å²) in [5.74, 6) is 6.27. The Hall–Kier alpha value is -6.28. The fourth-order valence-corrected chi connectivity index (χ4v) is 8.38. The number of hydrogen-bond donors (Lipinski definition) is 0. The van der Waals surface area contributed by atoms with Crippen molar-refractivity contribution in [3.05, 3.63) is 166 Å². The van der Waals surface area contributed by atoms with Gasteiger partial charge in [-0.15, -0.1) is 0 Å². The predicted molar refractivity (Wildman–Crippen MR) is 248 cm³/mol. The smallest absolute Gasteiger partial charge is 0.203 e. The topological polar surface area (TPSA) is 73.8 Å². The highest BCUT2D eigenvalue weighted by Gasteiger charge is 2.25. The third-order valence-electron chi connectivity index (χ3n) is 11.9. The number of ether oxygens (including phenoxy) is 8. The molecule has 0 unspecified atom stereocenters. The summed E-state index contributed by atoms with van der Waals surface area (Å²) in [6, 6.07) is 43.7. The minimum absolute atomic E-state index is 0.268. The highest BCUT2D eigenvalue weighted by atomic mass is 16.5. The lowest BCUT2D eigenvalue weighted by Crippen LogP contribution is -2.19. The Kier molecular flexibility index (Phi) is 16.4. The Balaban J connectivity index is 1.23. The summed E-state index contributed by atoms with van der Waals surface area (Å²) in [5, 5.41) is 0. The van der Waals surface area contributed by atoms with Gasteiger partial charge in [0.25, 0.3) is 0 Å². The summed E-state index contributed by atoms with van der Waals surface area (Å²) in [5.41, 5.74) is 10.1. The van der Waals surface area contributed by atoms with Gasteiger partial charge in [-0.1, -0.05) is 72.8 Å². The summed E-state index contributed by atoms with van der Waals surface area (Å²) < 4.78 is 44.6. The summed E-state index contributed by atoms with van der Waals surface area (Å²) in [6.45, 7) is 0. The van der Waals surface area contributed by atoms with Crippen LogP contribution in [0.3, 0.4) is 0 Å². The highest BCUT2D eigenvalue weighted by Crippen LogP contribution is 2.40. The molecule has 6 rings (SSSR count). The molecule has 0 fully saturated rings. The molecule has 0 bridgehead atoms. The Morgan fingerprint density at radius 1 is 0.323 bits per heavy atom. The minimum atomic E-state index is 0.268. The number of rotatable bonds is 23. The Morgan fingerprint density at radius 3 is 1.05 bits per heavy atom. The second-order valence-electron chi connectivity index (χ2n) is 15.6. The van der Waals surface area contributed by atoms with Crippen LogP contribution in [0.25, 0.3) is 0 Å². The normalized spacial score (nSPS) is 11.9. The lowest BCUT2D eigenvalue weighted by molar-refractivity contribution is 0.324. The van der Waals surface area contributed by atoms with E-state index in [1.54, 1.807) is 56.9 Å². The Labute approximate surface area is 368 Å². The molecule has 0 N–H and O–H groups in total. The van der Waals surface area contributed by atoms with E-state index in [9.17, 15) is 0 Å². The van der Waals surface area contributed by atoms with Crippen LogP contribution in [0.4, 0.5) is 0 Å². The van der Waals surface area contributed by atoms with Gasteiger partial charge in [0.15, 0.2) is 23.0 Å². The van der Waals surface area contributed by atoms with Gasteiger partial charge in [0.1, 0.15) is 11.5 Å². The Bertz CT molecular complexity index is 2230. The molecule has 326 valence electrons. The maximum absolute atomic E-state index is 5.60. The van der Waals surface area contributed by atoms with Crippen molar-refractivity contribution in [2.24, 2.45) is 5.92 Å². The van der Waals surface area contributed by atoms with E-state index in [1.165, 1.54) is 33.4 Å². The third-order valence-corrected chi connectivity index (χ3v) is 11.9. The van der Waals surface area contributed by atoms with Crippen LogP contribution in [0.15, 0.2) is 121 Å².